The molecule has 0 amide bonds. The molecule has 2 aromatic rings. The van der Waals surface area contributed by atoms with Crippen LogP contribution in [0.3, 0.4) is 0 Å². The molecule has 0 spiro atoms. The van der Waals surface area contributed by atoms with E-state index < -0.39 is 14.9 Å². The molecule has 126 valence electrons. The maximum atomic E-state index is 13.2. The largest absolute Gasteiger partial charge is 0.382 e. The van der Waals surface area contributed by atoms with Gasteiger partial charge in [-0.15, -0.1) is 0 Å². The Labute approximate surface area is 142 Å². The zero-order chi connectivity index (χ0) is 17.9. The van der Waals surface area contributed by atoms with Crippen molar-refractivity contribution < 1.29 is 12.8 Å². The quantitative estimate of drug-likeness (QED) is 0.473. The fourth-order valence-corrected chi connectivity index (χ4v) is 2.73. The molecule has 0 aliphatic heterocycles. The number of nitrogens with one attached hydrogen (secondary N) is 1. The van der Waals surface area contributed by atoms with Crippen molar-refractivity contribution >= 4 is 31.3 Å². The van der Waals surface area contributed by atoms with Crippen molar-refractivity contribution in [3.63, 3.8) is 0 Å². The fraction of sp³-hybridized carbons (Fsp3) is 0.143. The lowest BCUT2D eigenvalue weighted by molar-refractivity contribution is 0.609. The highest BCUT2D eigenvalue weighted by Crippen LogP contribution is 2.18. The molecule has 1 aromatic heterocycles. The van der Waals surface area contributed by atoms with Crippen LogP contribution in [0.4, 0.5) is 10.1 Å². The van der Waals surface area contributed by atoms with Crippen molar-refractivity contribution in [2.75, 3.05) is 12.0 Å². The van der Waals surface area contributed by atoms with Gasteiger partial charge in [0.2, 0.25) is 0 Å². The van der Waals surface area contributed by atoms with Crippen LogP contribution >= 0.6 is 10.7 Å². The van der Waals surface area contributed by atoms with Gasteiger partial charge in [0.15, 0.2) is 0 Å². The smallest absolute Gasteiger partial charge is 0.262 e. The molecule has 0 atom stereocenters. The molecule has 10 heteroatoms. The minimum atomic E-state index is -3.85. The van der Waals surface area contributed by atoms with Gasteiger partial charge in [0, 0.05) is 29.6 Å². The summed E-state index contributed by atoms with van der Waals surface area (Å²) in [6.45, 7) is 0.0521. The van der Waals surface area contributed by atoms with E-state index in [1.165, 1.54) is 35.0 Å². The van der Waals surface area contributed by atoms with Gasteiger partial charge in [-0.3, -0.25) is 0 Å². The molecule has 1 aromatic carbocycles. The topological polar surface area (TPSA) is 113 Å². The van der Waals surface area contributed by atoms with Gasteiger partial charge in [-0.25, -0.2) is 17.8 Å². The molecule has 3 N–H and O–H groups in total. The summed E-state index contributed by atoms with van der Waals surface area (Å²) in [7, 11) is 3.04. The van der Waals surface area contributed by atoms with Gasteiger partial charge in [-0.2, -0.15) is 5.26 Å². The number of aryl methyl sites for hydroxylation is 1. The van der Waals surface area contributed by atoms with Crippen molar-refractivity contribution in [2.24, 2.45) is 17.8 Å². The van der Waals surface area contributed by atoms with Crippen LogP contribution < -0.4 is 11.1 Å². The molecule has 0 aliphatic carbocycles. The zero-order valence-corrected chi connectivity index (χ0v) is 14.1. The Balaban J connectivity index is 2.13. The number of anilines is 1. The molecule has 2 rings (SSSR count). The van der Waals surface area contributed by atoms with E-state index in [4.69, 9.17) is 21.7 Å². The first-order valence-corrected chi connectivity index (χ1v) is 8.88. The van der Waals surface area contributed by atoms with Crippen LogP contribution in [0.25, 0.3) is 0 Å². The second-order valence-corrected chi connectivity index (χ2v) is 7.36. The van der Waals surface area contributed by atoms with Gasteiger partial charge < -0.3 is 15.6 Å². The highest BCUT2D eigenvalue weighted by atomic mass is 35.7. The number of benzene rings is 1. The molecule has 1 heterocycles. The highest BCUT2D eigenvalue weighted by Gasteiger charge is 2.16. The fourth-order valence-electron chi connectivity index (χ4n) is 1.94. The third-order valence-corrected chi connectivity index (χ3v) is 4.46. The number of aromatic nitrogens is 1. The molecular formula is C14H13ClFN5O2S. The molecule has 0 bridgehead atoms. The summed E-state index contributed by atoms with van der Waals surface area (Å²) in [4.78, 5) is 3.99. The van der Waals surface area contributed by atoms with Crippen LogP contribution in [-0.2, 0) is 16.1 Å². The second-order valence-electron chi connectivity index (χ2n) is 4.79. The Bertz CT molecular complexity index is 947. The van der Waals surface area contributed by atoms with E-state index in [2.05, 4.69) is 10.3 Å². The normalized spacial score (nSPS) is 12.0. The molecule has 24 heavy (non-hydrogen) atoms. The summed E-state index contributed by atoms with van der Waals surface area (Å²) in [5.41, 5.74) is 6.63. The lowest BCUT2D eigenvalue weighted by Gasteiger charge is -2.06. The van der Waals surface area contributed by atoms with Crippen molar-refractivity contribution in [1.29, 1.82) is 5.26 Å². The van der Waals surface area contributed by atoms with E-state index in [-0.39, 0.29) is 23.0 Å². The lowest BCUT2D eigenvalue weighted by Crippen LogP contribution is -2.18. The Morgan fingerprint density at radius 3 is 2.79 bits per heavy atom. The Morgan fingerprint density at radius 2 is 2.21 bits per heavy atom. The first-order valence-electron chi connectivity index (χ1n) is 6.57. The van der Waals surface area contributed by atoms with Crippen LogP contribution in [0.5, 0.6) is 0 Å². The van der Waals surface area contributed by atoms with E-state index in [0.29, 0.717) is 11.4 Å². The minimum Gasteiger partial charge on any atom is -0.382 e. The molecule has 0 aliphatic rings. The van der Waals surface area contributed by atoms with E-state index in [1.54, 1.807) is 13.1 Å². The first kappa shape index (κ1) is 17.8. The summed E-state index contributed by atoms with van der Waals surface area (Å²) < 4.78 is 37.3. The monoisotopic (exact) mass is 369 g/mol. The van der Waals surface area contributed by atoms with E-state index >= 15 is 0 Å². The maximum Gasteiger partial charge on any atom is 0.262 e. The number of hydrogen-bond acceptors (Lipinski definition) is 5. The van der Waals surface area contributed by atoms with Gasteiger partial charge in [-0.05, 0) is 24.3 Å². The Morgan fingerprint density at radius 1 is 1.50 bits per heavy atom. The molecule has 0 fully saturated rings. The molecule has 0 radical (unpaired) electrons. The van der Waals surface area contributed by atoms with E-state index in [0.717, 1.165) is 0 Å². The van der Waals surface area contributed by atoms with Crippen molar-refractivity contribution in [3.05, 3.63) is 47.5 Å². The summed E-state index contributed by atoms with van der Waals surface area (Å²) in [5, 5.41) is 11.6. The average Bonchev–Trinajstić information content (AvgIpc) is 2.91. The third kappa shape index (κ3) is 4.04. The Hall–Kier alpha value is -2.57. The van der Waals surface area contributed by atoms with E-state index in [1.807, 2.05) is 0 Å². The first-order chi connectivity index (χ1) is 11.2. The van der Waals surface area contributed by atoms with Gasteiger partial charge in [-0.1, -0.05) is 0 Å². The van der Waals surface area contributed by atoms with E-state index in [9.17, 15) is 12.8 Å². The number of aliphatic imine (C=N–C) groups is 1. The van der Waals surface area contributed by atoms with Gasteiger partial charge in [0.05, 0.1) is 11.3 Å². The molecule has 7 nitrogen and oxygen atoms in total. The van der Waals surface area contributed by atoms with Crippen molar-refractivity contribution in [3.8, 4) is 6.07 Å². The molecule has 0 saturated heterocycles. The van der Waals surface area contributed by atoms with Gasteiger partial charge >= 0.3 is 0 Å². The van der Waals surface area contributed by atoms with Crippen molar-refractivity contribution in [1.82, 2.24) is 4.57 Å². The molecule has 0 saturated carbocycles. The third-order valence-electron chi connectivity index (χ3n) is 3.14. The number of nitrogens with zero attached hydrogens (tertiary/aromatic N) is 3. The summed E-state index contributed by atoms with van der Waals surface area (Å²) in [6.07, 6.45) is 1.33. The summed E-state index contributed by atoms with van der Waals surface area (Å²) in [5.74, 6) is -0.510. The SMILES string of the molecule is Cn1cc(S(=O)(=O)Cl)cc1C(N)=NCNc1ccc(F)c(C#N)c1. The molecular weight excluding hydrogens is 357 g/mol. The summed E-state index contributed by atoms with van der Waals surface area (Å²) in [6, 6.07) is 7.03. The number of halogens is 2. The Kier molecular flexibility index (Phi) is 5.11. The van der Waals surface area contributed by atoms with Crippen LogP contribution in [0.15, 0.2) is 40.4 Å². The van der Waals surface area contributed by atoms with Gasteiger partial charge in [0.1, 0.15) is 29.3 Å². The predicted molar refractivity (Wildman–Crippen MR) is 88.8 cm³/mol. The minimum absolute atomic E-state index is 0.0521. The standard InChI is InChI=1S/C14H13ClFN5O2S/c1-21-7-11(24(15,22)23)5-13(21)14(18)20-8-19-10-2-3-12(16)9(4-10)6-17/h2-5,7,19H,8H2,1H3,(H2,18,20). The highest BCUT2D eigenvalue weighted by molar-refractivity contribution is 8.13. The van der Waals surface area contributed by atoms with Crippen LogP contribution in [0.2, 0.25) is 0 Å². The predicted octanol–water partition coefficient (Wildman–Crippen LogP) is 1.74. The number of rotatable bonds is 5. The maximum absolute atomic E-state index is 13.2. The number of amidine groups is 1. The second kappa shape index (κ2) is 6.90. The van der Waals surface area contributed by atoms with Crippen LogP contribution in [0.1, 0.15) is 11.3 Å². The van der Waals surface area contributed by atoms with Crippen molar-refractivity contribution in [2.45, 2.75) is 4.90 Å². The zero-order valence-electron chi connectivity index (χ0n) is 12.5. The molecule has 0 unspecified atom stereocenters. The van der Waals surface area contributed by atoms with Crippen LogP contribution in [0, 0.1) is 17.1 Å². The number of nitriles is 1. The lowest BCUT2D eigenvalue weighted by atomic mass is 10.2. The number of nitrogens with two attached hydrogens (primary N) is 1. The number of hydrogen-bond donors (Lipinski definition) is 2. The summed E-state index contributed by atoms with van der Waals surface area (Å²) >= 11 is 0. The van der Waals surface area contributed by atoms with Gasteiger partial charge in [0.25, 0.3) is 9.05 Å². The van der Waals surface area contributed by atoms with Crippen LogP contribution in [-0.4, -0.2) is 25.5 Å². The average molecular weight is 370 g/mol.